The van der Waals surface area contributed by atoms with Crippen LogP contribution in [-0.2, 0) is 14.4 Å². The first-order valence-electron chi connectivity index (χ1n) is 12.7. The van der Waals surface area contributed by atoms with Crippen molar-refractivity contribution < 1.29 is 24.3 Å². The third-order valence-corrected chi connectivity index (χ3v) is 8.88. The zero-order valence-corrected chi connectivity index (χ0v) is 24.1. The number of carbonyl (C=O) groups is 4. The van der Waals surface area contributed by atoms with Gasteiger partial charge in [-0.05, 0) is 36.5 Å². The molecule has 0 bridgehead atoms. The van der Waals surface area contributed by atoms with Crippen LogP contribution in [0.1, 0.15) is 45.2 Å². The number of carbonyl (C=O) groups excluding carboxylic acids is 3. The molecule has 0 aliphatic carbocycles. The monoisotopic (exact) mass is 573 g/mol. The largest absolute Gasteiger partial charge is 0.465 e. The van der Waals surface area contributed by atoms with Crippen LogP contribution in [0, 0.1) is 17.8 Å². The molecule has 1 aromatic carbocycles. The summed E-state index contributed by atoms with van der Waals surface area (Å²) >= 11 is 7.04. The van der Waals surface area contributed by atoms with E-state index in [9.17, 15) is 24.3 Å². The number of rotatable bonds is 8. The second-order valence-electron chi connectivity index (χ2n) is 10.4. The van der Waals surface area contributed by atoms with Crippen LogP contribution in [0.4, 0.5) is 4.79 Å². The quantitative estimate of drug-likeness (QED) is 0.274. The number of carboxylic acid groups (broad SMARTS) is 1. The molecule has 2 heterocycles. The molecule has 2 aliphatic rings. The molecule has 0 aromatic heterocycles. The van der Waals surface area contributed by atoms with Crippen LogP contribution in [0.5, 0.6) is 0 Å². The van der Waals surface area contributed by atoms with Crippen LogP contribution in [0.15, 0.2) is 30.3 Å². The smallest absolute Gasteiger partial charge is 0.407 e. The summed E-state index contributed by atoms with van der Waals surface area (Å²) in [5.74, 6) is 1.85. The second kappa shape index (κ2) is 12.7. The van der Waals surface area contributed by atoms with Crippen LogP contribution in [-0.4, -0.2) is 86.6 Å². The SMILES string of the molecule is C#CCNC(=O)[C@@H](NC(=O)[C@H]1N2C(=O)[C@@H](NC(=S)[C@H](C)N(C)C(=O)O)CCS[C@H]2CC1(C)C)c1ccccc1. The Balaban J connectivity index is 1.86. The van der Waals surface area contributed by atoms with Gasteiger partial charge in [0.1, 0.15) is 18.1 Å². The zero-order valence-electron chi connectivity index (χ0n) is 22.5. The number of nitrogens with one attached hydrogen (secondary N) is 3. The Kier molecular flexibility index (Phi) is 9.85. The van der Waals surface area contributed by atoms with E-state index in [1.165, 1.54) is 7.05 Å². The molecule has 39 heavy (non-hydrogen) atoms. The highest BCUT2D eigenvalue weighted by molar-refractivity contribution is 7.99. The molecule has 0 unspecified atom stereocenters. The van der Waals surface area contributed by atoms with E-state index in [1.807, 2.05) is 19.9 Å². The summed E-state index contributed by atoms with van der Waals surface area (Å²) < 4.78 is 0. The van der Waals surface area contributed by atoms with Crippen molar-refractivity contribution in [2.24, 2.45) is 5.41 Å². The molecule has 12 heteroatoms. The standard InChI is InChI=1S/C27H35N5O5S2/c1-6-13-28-22(33)20(17-10-8-7-9-11-17)30-23(34)21-27(3,4)15-19-32(21)25(35)18(12-14-39-19)29-24(38)16(2)31(5)26(36)37/h1,7-11,16,18-21H,12-15H2,2-5H3,(H,28,33)(H,29,38)(H,30,34)(H,36,37)/t16-,18-,19-,20-,21+/m0/s1. The number of terminal acetylenes is 1. The highest BCUT2D eigenvalue weighted by Gasteiger charge is 2.54. The number of nitrogens with zero attached hydrogens (tertiary/aromatic N) is 2. The predicted molar refractivity (Wildman–Crippen MR) is 154 cm³/mol. The fourth-order valence-electron chi connectivity index (χ4n) is 4.89. The molecule has 0 spiro atoms. The van der Waals surface area contributed by atoms with Gasteiger partial charge in [-0.15, -0.1) is 18.2 Å². The van der Waals surface area contributed by atoms with E-state index in [0.29, 0.717) is 24.2 Å². The number of benzene rings is 1. The van der Waals surface area contributed by atoms with Crippen LogP contribution in [0.3, 0.4) is 0 Å². The minimum Gasteiger partial charge on any atom is -0.465 e. The zero-order chi connectivity index (χ0) is 28.9. The fourth-order valence-corrected chi connectivity index (χ4v) is 6.77. The van der Waals surface area contributed by atoms with Gasteiger partial charge in [-0.1, -0.05) is 62.3 Å². The van der Waals surface area contributed by atoms with Gasteiger partial charge in [-0.3, -0.25) is 14.4 Å². The van der Waals surface area contributed by atoms with Gasteiger partial charge in [-0.25, -0.2) is 4.79 Å². The maximum Gasteiger partial charge on any atom is 0.407 e. The minimum absolute atomic E-state index is 0.0129. The average molecular weight is 574 g/mol. The van der Waals surface area contributed by atoms with Gasteiger partial charge in [0.25, 0.3) is 0 Å². The highest BCUT2D eigenvalue weighted by Crippen LogP contribution is 2.46. The van der Waals surface area contributed by atoms with Crippen molar-refractivity contribution in [1.82, 2.24) is 25.8 Å². The van der Waals surface area contributed by atoms with Crippen molar-refractivity contribution in [1.29, 1.82) is 0 Å². The van der Waals surface area contributed by atoms with Gasteiger partial charge < -0.3 is 30.9 Å². The van der Waals surface area contributed by atoms with Crippen molar-refractivity contribution in [2.75, 3.05) is 19.3 Å². The van der Waals surface area contributed by atoms with Crippen LogP contribution >= 0.6 is 24.0 Å². The summed E-state index contributed by atoms with van der Waals surface area (Å²) in [7, 11) is 1.41. The summed E-state index contributed by atoms with van der Waals surface area (Å²) in [6.07, 6.45) is 5.24. The Morgan fingerprint density at radius 2 is 1.97 bits per heavy atom. The molecular formula is C27H35N5O5S2. The maximum absolute atomic E-state index is 13.9. The van der Waals surface area contributed by atoms with E-state index in [2.05, 4.69) is 21.9 Å². The molecular weight excluding hydrogens is 538 g/mol. The van der Waals surface area contributed by atoms with E-state index in [4.69, 9.17) is 18.6 Å². The molecule has 10 nitrogen and oxygen atoms in total. The molecule has 210 valence electrons. The van der Waals surface area contributed by atoms with Gasteiger partial charge in [0.2, 0.25) is 17.7 Å². The van der Waals surface area contributed by atoms with Crippen molar-refractivity contribution >= 4 is 52.8 Å². The number of likely N-dealkylation sites (N-methyl/N-ethyl adjacent to an activating group) is 1. The van der Waals surface area contributed by atoms with Crippen LogP contribution in [0.25, 0.3) is 0 Å². The summed E-state index contributed by atoms with van der Waals surface area (Å²) in [6, 6.07) is 5.65. The van der Waals surface area contributed by atoms with E-state index < -0.39 is 47.5 Å². The number of thioether (sulfide) groups is 1. The predicted octanol–water partition coefficient (Wildman–Crippen LogP) is 1.97. The first kappa shape index (κ1) is 30.2. The normalized spacial score (nSPS) is 23.3. The number of hydrogen-bond acceptors (Lipinski definition) is 6. The topological polar surface area (TPSA) is 131 Å². The summed E-state index contributed by atoms with van der Waals surface area (Å²) in [6.45, 7) is 5.53. The fraction of sp³-hybridized carbons (Fsp3) is 0.519. The second-order valence-corrected chi connectivity index (χ2v) is 12.1. The van der Waals surface area contributed by atoms with Crippen molar-refractivity contribution in [3.05, 3.63) is 35.9 Å². The van der Waals surface area contributed by atoms with Crippen molar-refractivity contribution in [3.8, 4) is 12.3 Å². The van der Waals surface area contributed by atoms with Crippen molar-refractivity contribution in [3.63, 3.8) is 0 Å². The van der Waals surface area contributed by atoms with Gasteiger partial charge in [-0.2, -0.15) is 0 Å². The van der Waals surface area contributed by atoms with Crippen LogP contribution in [0.2, 0.25) is 0 Å². The first-order valence-corrected chi connectivity index (χ1v) is 14.1. The molecule has 1 aromatic rings. The van der Waals surface area contributed by atoms with Gasteiger partial charge in [0.15, 0.2) is 0 Å². The van der Waals surface area contributed by atoms with E-state index in [0.717, 1.165) is 4.90 Å². The third-order valence-electron chi connectivity index (χ3n) is 7.17. The Morgan fingerprint density at radius 3 is 2.59 bits per heavy atom. The number of thiocarbonyl (C=S) groups is 1. The molecule has 2 aliphatic heterocycles. The molecule has 2 fully saturated rings. The van der Waals surface area contributed by atoms with Gasteiger partial charge >= 0.3 is 6.09 Å². The average Bonchev–Trinajstić information content (AvgIpc) is 3.09. The Labute approximate surface area is 238 Å². The molecule has 2 saturated heterocycles. The lowest BCUT2D eigenvalue weighted by Gasteiger charge is -2.35. The lowest BCUT2D eigenvalue weighted by Crippen LogP contribution is -2.58. The van der Waals surface area contributed by atoms with E-state index in [-0.39, 0.29) is 22.8 Å². The van der Waals surface area contributed by atoms with Gasteiger partial charge in [0, 0.05) is 7.05 Å². The molecule has 5 atom stereocenters. The summed E-state index contributed by atoms with van der Waals surface area (Å²) in [4.78, 5) is 55.0. The van der Waals surface area contributed by atoms with E-state index in [1.54, 1.807) is 47.9 Å². The van der Waals surface area contributed by atoms with E-state index >= 15 is 0 Å². The Bertz CT molecular complexity index is 1150. The molecule has 0 radical (unpaired) electrons. The molecule has 3 rings (SSSR count). The van der Waals surface area contributed by atoms with Crippen LogP contribution < -0.4 is 16.0 Å². The molecule has 4 amide bonds. The maximum atomic E-state index is 13.9. The number of hydrogen-bond donors (Lipinski definition) is 4. The molecule has 0 saturated carbocycles. The first-order chi connectivity index (χ1) is 18.4. The Hall–Kier alpha value is -3.30. The van der Waals surface area contributed by atoms with Gasteiger partial charge in [0.05, 0.1) is 22.9 Å². The molecule has 4 N–H and O–H groups in total. The lowest BCUT2D eigenvalue weighted by molar-refractivity contribution is -0.143. The Morgan fingerprint density at radius 1 is 1.31 bits per heavy atom. The summed E-state index contributed by atoms with van der Waals surface area (Å²) in [5.41, 5.74) is 0.0124. The highest BCUT2D eigenvalue weighted by atomic mass is 32.2. The minimum atomic E-state index is -1.13. The number of amides is 4. The third kappa shape index (κ3) is 6.83. The lowest BCUT2D eigenvalue weighted by atomic mass is 9.83. The summed E-state index contributed by atoms with van der Waals surface area (Å²) in [5, 5.41) is 17.6. The number of fused-ring (bicyclic) bond motifs is 1. The van der Waals surface area contributed by atoms with Crippen molar-refractivity contribution in [2.45, 2.75) is 63.2 Å².